The standard InChI is InChI=1S/C27H35F3O/c1-3-5-6-7-8-10-19-11-16-25(31-18-19)23-15-13-21(17-24(23)28)22-14-12-20(9-4-2)26(29)27(22)30/h12-15,17,19,25H,3-11,16,18H2,1-2H3. The van der Waals surface area contributed by atoms with Crippen LogP contribution in [0.1, 0.15) is 88.9 Å². The van der Waals surface area contributed by atoms with Crippen LogP contribution in [0.25, 0.3) is 11.1 Å². The Hall–Kier alpha value is -1.81. The Balaban J connectivity index is 1.61. The minimum atomic E-state index is -0.909. The lowest BCUT2D eigenvalue weighted by Crippen LogP contribution is -2.21. The first-order chi connectivity index (χ1) is 15.0. The fraction of sp³-hybridized carbons (Fsp3) is 0.556. The van der Waals surface area contributed by atoms with E-state index in [1.54, 1.807) is 24.3 Å². The molecule has 1 aliphatic heterocycles. The van der Waals surface area contributed by atoms with E-state index in [0.717, 1.165) is 19.3 Å². The lowest BCUT2D eigenvalue weighted by Gasteiger charge is -2.29. The molecule has 0 amide bonds. The normalized spacial score (nSPS) is 19.0. The fourth-order valence-corrected chi connectivity index (χ4v) is 4.55. The highest BCUT2D eigenvalue weighted by Crippen LogP contribution is 2.36. The molecule has 1 heterocycles. The highest BCUT2D eigenvalue weighted by atomic mass is 19.2. The molecule has 0 spiro atoms. The third-order valence-electron chi connectivity index (χ3n) is 6.43. The molecule has 0 N–H and O–H groups in total. The molecule has 170 valence electrons. The van der Waals surface area contributed by atoms with Gasteiger partial charge in [0.25, 0.3) is 0 Å². The summed E-state index contributed by atoms with van der Waals surface area (Å²) < 4.78 is 49.7. The van der Waals surface area contributed by atoms with Gasteiger partial charge < -0.3 is 4.74 Å². The number of rotatable bonds is 10. The van der Waals surface area contributed by atoms with Crippen LogP contribution >= 0.6 is 0 Å². The van der Waals surface area contributed by atoms with Crippen molar-refractivity contribution in [1.82, 2.24) is 0 Å². The van der Waals surface area contributed by atoms with Gasteiger partial charge in [0.1, 0.15) is 5.82 Å². The van der Waals surface area contributed by atoms with Crippen LogP contribution in [0.2, 0.25) is 0 Å². The van der Waals surface area contributed by atoms with E-state index in [0.29, 0.717) is 35.6 Å². The Labute approximate surface area is 185 Å². The van der Waals surface area contributed by atoms with Crippen molar-refractivity contribution >= 4 is 0 Å². The van der Waals surface area contributed by atoms with Gasteiger partial charge in [0.15, 0.2) is 11.6 Å². The number of halogens is 3. The first-order valence-electron chi connectivity index (χ1n) is 11.9. The van der Waals surface area contributed by atoms with Gasteiger partial charge in [0, 0.05) is 11.1 Å². The van der Waals surface area contributed by atoms with Gasteiger partial charge in [-0.1, -0.05) is 76.6 Å². The second-order valence-electron chi connectivity index (χ2n) is 8.85. The van der Waals surface area contributed by atoms with Crippen molar-refractivity contribution < 1.29 is 17.9 Å². The summed E-state index contributed by atoms with van der Waals surface area (Å²) in [7, 11) is 0. The van der Waals surface area contributed by atoms with Gasteiger partial charge in [-0.2, -0.15) is 0 Å². The van der Waals surface area contributed by atoms with Gasteiger partial charge in [-0.15, -0.1) is 0 Å². The quantitative estimate of drug-likeness (QED) is 0.342. The smallest absolute Gasteiger partial charge is 0.166 e. The second-order valence-corrected chi connectivity index (χ2v) is 8.85. The number of hydrogen-bond donors (Lipinski definition) is 0. The minimum absolute atomic E-state index is 0.0931. The Bertz CT molecular complexity index is 841. The Morgan fingerprint density at radius 3 is 2.35 bits per heavy atom. The van der Waals surface area contributed by atoms with E-state index in [9.17, 15) is 13.2 Å². The molecule has 2 aromatic carbocycles. The Kier molecular flexibility index (Phi) is 9.01. The van der Waals surface area contributed by atoms with Gasteiger partial charge >= 0.3 is 0 Å². The predicted molar refractivity (Wildman–Crippen MR) is 121 cm³/mol. The third kappa shape index (κ3) is 6.12. The van der Waals surface area contributed by atoms with Gasteiger partial charge in [-0.25, -0.2) is 13.2 Å². The van der Waals surface area contributed by atoms with E-state index in [1.807, 2.05) is 6.92 Å². The van der Waals surface area contributed by atoms with Gasteiger partial charge in [-0.05, 0) is 48.8 Å². The van der Waals surface area contributed by atoms with Crippen LogP contribution in [0.4, 0.5) is 13.2 Å². The number of unbranched alkanes of at least 4 members (excludes halogenated alkanes) is 4. The van der Waals surface area contributed by atoms with E-state index in [2.05, 4.69) is 6.92 Å². The molecule has 0 aromatic heterocycles. The lowest BCUT2D eigenvalue weighted by atomic mass is 9.90. The molecule has 1 saturated heterocycles. The summed E-state index contributed by atoms with van der Waals surface area (Å²) >= 11 is 0. The van der Waals surface area contributed by atoms with Crippen molar-refractivity contribution in [1.29, 1.82) is 0 Å². The van der Waals surface area contributed by atoms with Gasteiger partial charge in [0.2, 0.25) is 0 Å². The summed E-state index contributed by atoms with van der Waals surface area (Å²) in [4.78, 5) is 0. The molecule has 2 unspecified atom stereocenters. The summed E-state index contributed by atoms with van der Waals surface area (Å²) in [6.45, 7) is 4.81. The van der Waals surface area contributed by atoms with Crippen LogP contribution in [0.15, 0.2) is 30.3 Å². The lowest BCUT2D eigenvalue weighted by molar-refractivity contribution is -0.0215. The summed E-state index contributed by atoms with van der Waals surface area (Å²) in [5.74, 6) is -1.61. The monoisotopic (exact) mass is 432 g/mol. The molecule has 2 aromatic rings. The van der Waals surface area contributed by atoms with Crippen molar-refractivity contribution in [3.63, 3.8) is 0 Å². The molecule has 3 rings (SSSR count). The highest BCUT2D eigenvalue weighted by molar-refractivity contribution is 5.65. The summed E-state index contributed by atoms with van der Waals surface area (Å²) in [5, 5.41) is 0. The van der Waals surface area contributed by atoms with E-state index >= 15 is 0 Å². The zero-order valence-electron chi connectivity index (χ0n) is 18.9. The van der Waals surface area contributed by atoms with E-state index in [1.165, 1.54) is 44.6 Å². The molecule has 0 aliphatic carbocycles. The van der Waals surface area contributed by atoms with Gasteiger partial charge in [-0.3, -0.25) is 0 Å². The van der Waals surface area contributed by atoms with E-state index in [-0.39, 0.29) is 11.7 Å². The first kappa shape index (κ1) is 23.8. The van der Waals surface area contributed by atoms with Crippen molar-refractivity contribution in [3.8, 4) is 11.1 Å². The third-order valence-corrected chi connectivity index (χ3v) is 6.43. The second kappa shape index (κ2) is 11.7. The topological polar surface area (TPSA) is 9.23 Å². The van der Waals surface area contributed by atoms with Crippen LogP contribution < -0.4 is 0 Å². The van der Waals surface area contributed by atoms with Crippen LogP contribution in [0.5, 0.6) is 0 Å². The minimum Gasteiger partial charge on any atom is -0.373 e. The van der Waals surface area contributed by atoms with E-state index in [4.69, 9.17) is 4.74 Å². The zero-order valence-corrected chi connectivity index (χ0v) is 18.9. The van der Waals surface area contributed by atoms with Crippen molar-refractivity contribution in [3.05, 3.63) is 58.9 Å². The number of benzene rings is 2. The summed E-state index contributed by atoms with van der Waals surface area (Å²) in [5.41, 5.74) is 1.31. The maximum Gasteiger partial charge on any atom is 0.166 e. The molecular weight excluding hydrogens is 397 g/mol. The Morgan fingerprint density at radius 2 is 1.68 bits per heavy atom. The number of aryl methyl sites for hydroxylation is 1. The van der Waals surface area contributed by atoms with Crippen LogP contribution in [0, 0.1) is 23.4 Å². The summed E-state index contributed by atoms with van der Waals surface area (Å²) in [6, 6.07) is 7.77. The maximum atomic E-state index is 14.9. The highest BCUT2D eigenvalue weighted by Gasteiger charge is 2.25. The summed E-state index contributed by atoms with van der Waals surface area (Å²) in [6.07, 6.45) is 10.3. The van der Waals surface area contributed by atoms with Crippen molar-refractivity contribution in [2.45, 2.75) is 84.2 Å². The van der Waals surface area contributed by atoms with Crippen LogP contribution in [-0.4, -0.2) is 6.61 Å². The molecule has 1 aliphatic rings. The van der Waals surface area contributed by atoms with Crippen molar-refractivity contribution in [2.24, 2.45) is 5.92 Å². The van der Waals surface area contributed by atoms with Crippen molar-refractivity contribution in [2.75, 3.05) is 6.61 Å². The predicted octanol–water partition coefficient (Wildman–Crippen LogP) is 8.55. The van der Waals surface area contributed by atoms with Crippen LogP contribution in [-0.2, 0) is 11.2 Å². The molecule has 0 bridgehead atoms. The largest absolute Gasteiger partial charge is 0.373 e. The van der Waals surface area contributed by atoms with Crippen LogP contribution in [0.3, 0.4) is 0 Å². The SMILES string of the molecule is CCCCCCCC1CCC(c2ccc(-c3ccc(CCC)c(F)c3F)cc2F)OC1. The average Bonchev–Trinajstić information content (AvgIpc) is 2.77. The molecule has 1 nitrogen and oxygen atoms in total. The number of hydrogen-bond acceptors (Lipinski definition) is 1. The molecule has 0 radical (unpaired) electrons. The zero-order chi connectivity index (χ0) is 22.2. The fourth-order valence-electron chi connectivity index (χ4n) is 4.55. The van der Waals surface area contributed by atoms with Gasteiger partial charge in [0.05, 0.1) is 12.7 Å². The molecule has 2 atom stereocenters. The maximum absolute atomic E-state index is 14.9. The Morgan fingerprint density at radius 1 is 0.871 bits per heavy atom. The number of ether oxygens (including phenoxy) is 1. The molecule has 1 fully saturated rings. The molecule has 31 heavy (non-hydrogen) atoms. The van der Waals surface area contributed by atoms with E-state index < -0.39 is 17.5 Å². The first-order valence-corrected chi connectivity index (χ1v) is 11.9. The molecule has 4 heteroatoms. The average molecular weight is 433 g/mol. The molecular formula is C27H35F3O. The molecule has 0 saturated carbocycles.